The van der Waals surface area contributed by atoms with Crippen molar-refractivity contribution in [3.05, 3.63) is 30.1 Å². The number of rotatable bonds is 4. The van der Waals surface area contributed by atoms with E-state index in [1.54, 1.807) is 6.20 Å². The summed E-state index contributed by atoms with van der Waals surface area (Å²) in [5.74, 6) is 0.151. The first kappa shape index (κ1) is 11.4. The van der Waals surface area contributed by atoms with E-state index < -0.39 is 0 Å². The van der Waals surface area contributed by atoms with Crippen LogP contribution in [0.4, 0.5) is 0 Å². The Labute approximate surface area is 99.3 Å². The molecule has 0 radical (unpaired) electrons. The average molecular weight is 233 g/mol. The lowest BCUT2D eigenvalue weighted by Gasteiger charge is -2.03. The quantitative estimate of drug-likeness (QED) is 0.792. The molecule has 2 rings (SSSR count). The first-order chi connectivity index (χ1) is 8.20. The molecule has 90 valence electrons. The van der Waals surface area contributed by atoms with Crippen LogP contribution in [0.1, 0.15) is 25.5 Å². The van der Waals surface area contributed by atoms with Crippen molar-refractivity contribution in [2.75, 3.05) is 0 Å². The van der Waals surface area contributed by atoms with Crippen molar-refractivity contribution in [2.45, 2.75) is 26.2 Å². The summed E-state index contributed by atoms with van der Waals surface area (Å²) in [7, 11) is 0. The number of phenolic OH excluding ortho intramolecular Hbond substituents is 2. The minimum Gasteiger partial charge on any atom is -0.508 e. The molecule has 0 aliphatic heterocycles. The second-order valence-corrected chi connectivity index (χ2v) is 3.93. The highest BCUT2D eigenvalue weighted by Gasteiger charge is 2.07. The molecule has 0 aliphatic rings. The minimum absolute atomic E-state index is 0.0646. The minimum atomic E-state index is 0.0646. The van der Waals surface area contributed by atoms with Crippen LogP contribution in [0.25, 0.3) is 5.69 Å². The Morgan fingerprint density at radius 2 is 2.12 bits per heavy atom. The Morgan fingerprint density at radius 3 is 2.88 bits per heavy atom. The van der Waals surface area contributed by atoms with Crippen LogP contribution in [-0.2, 0) is 6.42 Å². The highest BCUT2D eigenvalue weighted by molar-refractivity contribution is 5.49. The van der Waals surface area contributed by atoms with Crippen LogP contribution in [0.5, 0.6) is 11.5 Å². The van der Waals surface area contributed by atoms with Crippen LogP contribution in [-0.4, -0.2) is 25.2 Å². The van der Waals surface area contributed by atoms with Gasteiger partial charge in [0.15, 0.2) is 0 Å². The summed E-state index contributed by atoms with van der Waals surface area (Å²) < 4.78 is 1.47. The third kappa shape index (κ3) is 2.55. The van der Waals surface area contributed by atoms with Gasteiger partial charge in [-0.05, 0) is 25.0 Å². The summed E-state index contributed by atoms with van der Waals surface area (Å²) in [4.78, 5) is 0. The Balaban J connectivity index is 2.27. The molecular weight excluding hydrogens is 218 g/mol. The largest absolute Gasteiger partial charge is 0.508 e. The van der Waals surface area contributed by atoms with Crippen molar-refractivity contribution in [1.82, 2.24) is 15.0 Å². The summed E-state index contributed by atoms with van der Waals surface area (Å²) >= 11 is 0. The molecule has 0 spiro atoms. The van der Waals surface area contributed by atoms with Crippen molar-refractivity contribution in [3.8, 4) is 17.2 Å². The van der Waals surface area contributed by atoms with Gasteiger partial charge in [-0.25, -0.2) is 4.68 Å². The van der Waals surface area contributed by atoms with Crippen LogP contribution in [0, 0.1) is 0 Å². The molecule has 0 unspecified atom stereocenters. The number of aromatic nitrogens is 3. The lowest BCUT2D eigenvalue weighted by atomic mass is 10.2. The van der Waals surface area contributed by atoms with Gasteiger partial charge in [0.2, 0.25) is 0 Å². The van der Waals surface area contributed by atoms with Crippen LogP contribution < -0.4 is 0 Å². The van der Waals surface area contributed by atoms with Gasteiger partial charge in [-0.2, -0.15) is 0 Å². The van der Waals surface area contributed by atoms with E-state index in [0.717, 1.165) is 25.0 Å². The Bertz CT molecular complexity index is 508. The monoisotopic (exact) mass is 233 g/mol. The molecule has 2 aromatic rings. The van der Waals surface area contributed by atoms with Crippen molar-refractivity contribution < 1.29 is 10.2 Å². The molecule has 17 heavy (non-hydrogen) atoms. The van der Waals surface area contributed by atoms with Crippen molar-refractivity contribution in [3.63, 3.8) is 0 Å². The van der Waals surface area contributed by atoms with E-state index in [9.17, 15) is 10.2 Å². The van der Waals surface area contributed by atoms with E-state index >= 15 is 0 Å². The smallest absolute Gasteiger partial charge is 0.141 e. The molecule has 0 saturated carbocycles. The fraction of sp³-hybridized carbons (Fsp3) is 0.333. The fourth-order valence-electron chi connectivity index (χ4n) is 1.58. The molecule has 1 heterocycles. The number of hydrogen-bond acceptors (Lipinski definition) is 4. The first-order valence-electron chi connectivity index (χ1n) is 5.64. The van der Waals surface area contributed by atoms with Gasteiger partial charge in [0, 0.05) is 6.07 Å². The summed E-state index contributed by atoms with van der Waals surface area (Å²) in [6.45, 7) is 2.12. The molecule has 0 saturated heterocycles. The summed E-state index contributed by atoms with van der Waals surface area (Å²) in [5.41, 5.74) is 1.31. The number of nitrogens with zero attached hydrogens (tertiary/aromatic N) is 3. The third-order valence-electron chi connectivity index (χ3n) is 2.53. The summed E-state index contributed by atoms with van der Waals surface area (Å²) in [6, 6.07) is 4.30. The van der Waals surface area contributed by atoms with Crippen molar-refractivity contribution >= 4 is 0 Å². The number of unbranched alkanes of at least 4 members (excludes halogenated alkanes) is 1. The average Bonchev–Trinajstić information content (AvgIpc) is 2.78. The van der Waals surface area contributed by atoms with E-state index in [1.807, 2.05) is 0 Å². The summed E-state index contributed by atoms with van der Waals surface area (Å²) in [6.07, 6.45) is 4.80. The van der Waals surface area contributed by atoms with Crippen LogP contribution in [0.15, 0.2) is 24.4 Å². The van der Waals surface area contributed by atoms with E-state index in [-0.39, 0.29) is 11.5 Å². The molecule has 5 nitrogen and oxygen atoms in total. The van der Waals surface area contributed by atoms with Gasteiger partial charge < -0.3 is 10.2 Å². The Kier molecular flexibility index (Phi) is 3.27. The molecule has 0 bridgehead atoms. The normalized spacial score (nSPS) is 10.6. The van der Waals surface area contributed by atoms with Gasteiger partial charge in [-0.15, -0.1) is 5.10 Å². The molecule has 0 fully saturated rings. The van der Waals surface area contributed by atoms with Gasteiger partial charge >= 0.3 is 0 Å². The van der Waals surface area contributed by atoms with Crippen LogP contribution >= 0.6 is 0 Å². The second kappa shape index (κ2) is 4.86. The van der Waals surface area contributed by atoms with Gasteiger partial charge in [0.25, 0.3) is 0 Å². The van der Waals surface area contributed by atoms with Crippen LogP contribution in [0.2, 0.25) is 0 Å². The number of aryl methyl sites for hydroxylation is 1. The number of phenols is 2. The summed E-state index contributed by atoms with van der Waals surface area (Å²) in [5, 5.41) is 27.0. The SMILES string of the molecule is CCCCc1cn(-c2cc(O)ccc2O)nn1. The highest BCUT2D eigenvalue weighted by atomic mass is 16.3. The number of aromatic hydroxyl groups is 2. The molecule has 5 heteroatoms. The van der Waals surface area contributed by atoms with Gasteiger partial charge in [-0.1, -0.05) is 18.6 Å². The highest BCUT2D eigenvalue weighted by Crippen LogP contribution is 2.25. The second-order valence-electron chi connectivity index (χ2n) is 3.93. The zero-order chi connectivity index (χ0) is 12.3. The maximum Gasteiger partial charge on any atom is 0.141 e. The topological polar surface area (TPSA) is 71.2 Å². The molecule has 0 aliphatic carbocycles. The fourth-order valence-corrected chi connectivity index (χ4v) is 1.58. The zero-order valence-corrected chi connectivity index (χ0v) is 9.67. The van der Waals surface area contributed by atoms with Gasteiger partial charge in [0.1, 0.15) is 17.2 Å². The predicted octanol–water partition coefficient (Wildman–Crippen LogP) is 2.02. The van der Waals surface area contributed by atoms with Crippen molar-refractivity contribution in [1.29, 1.82) is 0 Å². The Hall–Kier alpha value is -2.04. The van der Waals surface area contributed by atoms with Gasteiger partial charge in [-0.3, -0.25) is 0 Å². The van der Waals surface area contributed by atoms with E-state index in [2.05, 4.69) is 17.2 Å². The Morgan fingerprint density at radius 1 is 1.29 bits per heavy atom. The van der Waals surface area contributed by atoms with E-state index in [0.29, 0.717) is 5.69 Å². The maximum absolute atomic E-state index is 9.67. The van der Waals surface area contributed by atoms with Crippen LogP contribution in [0.3, 0.4) is 0 Å². The third-order valence-corrected chi connectivity index (χ3v) is 2.53. The predicted molar refractivity (Wildman–Crippen MR) is 63.3 cm³/mol. The molecule has 2 N–H and O–H groups in total. The standard InChI is InChI=1S/C12H15N3O2/c1-2-3-4-9-8-15(14-13-9)11-7-10(16)5-6-12(11)17/h5-8,16-17H,2-4H2,1H3. The molecule has 1 aromatic carbocycles. The zero-order valence-electron chi connectivity index (χ0n) is 9.67. The molecular formula is C12H15N3O2. The van der Waals surface area contributed by atoms with E-state index in [1.165, 1.54) is 22.9 Å². The number of benzene rings is 1. The number of hydrogen-bond donors (Lipinski definition) is 2. The molecule has 0 amide bonds. The lowest BCUT2D eigenvalue weighted by Crippen LogP contribution is -1.95. The molecule has 0 atom stereocenters. The lowest BCUT2D eigenvalue weighted by molar-refractivity contribution is 0.455. The maximum atomic E-state index is 9.67. The first-order valence-corrected chi connectivity index (χ1v) is 5.64. The molecule has 1 aromatic heterocycles. The van der Waals surface area contributed by atoms with E-state index in [4.69, 9.17) is 0 Å². The van der Waals surface area contributed by atoms with Gasteiger partial charge in [0.05, 0.1) is 11.9 Å². The van der Waals surface area contributed by atoms with Crippen molar-refractivity contribution in [2.24, 2.45) is 0 Å².